The molecule has 12 rings (SSSR count). The summed E-state index contributed by atoms with van der Waals surface area (Å²) in [5.74, 6) is 8.46. The Labute approximate surface area is 428 Å². The van der Waals surface area contributed by atoms with Crippen molar-refractivity contribution in [3.8, 4) is 0 Å². The molecule has 71 heavy (non-hydrogen) atoms. The van der Waals surface area contributed by atoms with Gasteiger partial charge in [0, 0.05) is 36.5 Å². The number of aliphatic hydroxyl groups excluding tert-OH is 2. The molecular weight excluding hydrogens is 881 g/mol. The minimum absolute atomic E-state index is 0.0260. The lowest BCUT2D eigenvalue weighted by Gasteiger charge is -2.59. The zero-order chi connectivity index (χ0) is 50.5. The number of fused-ring (bicyclic) bond motifs is 15. The van der Waals surface area contributed by atoms with E-state index in [2.05, 4.69) is 47.6 Å². The van der Waals surface area contributed by atoms with E-state index in [4.69, 9.17) is 0 Å². The zero-order valence-corrected chi connectivity index (χ0v) is 45.4. The molecule has 0 amide bonds. The van der Waals surface area contributed by atoms with Crippen molar-refractivity contribution in [1.29, 1.82) is 0 Å². The van der Waals surface area contributed by atoms with Crippen molar-refractivity contribution >= 4 is 28.9 Å². The summed E-state index contributed by atoms with van der Waals surface area (Å²) in [6.07, 6.45) is 35.8. The highest BCUT2D eigenvalue weighted by Gasteiger charge is 2.63. The fourth-order valence-corrected chi connectivity index (χ4v) is 22.3. The van der Waals surface area contributed by atoms with Crippen LogP contribution < -0.4 is 0 Å². The Morgan fingerprint density at radius 3 is 1.48 bits per heavy atom. The second-order valence-corrected chi connectivity index (χ2v) is 27.3. The van der Waals surface area contributed by atoms with Gasteiger partial charge in [0.05, 0.1) is 6.10 Å². The largest absolute Gasteiger partial charge is 0.389 e. The van der Waals surface area contributed by atoms with Gasteiger partial charge in [-0.05, 0) is 254 Å². The lowest BCUT2D eigenvalue weighted by molar-refractivity contribution is -0.134. The molecule has 9 saturated carbocycles. The maximum absolute atomic E-state index is 12.4. The van der Waals surface area contributed by atoms with Crippen LogP contribution >= 0.6 is 0 Å². The van der Waals surface area contributed by atoms with E-state index in [9.17, 15) is 34.2 Å². The van der Waals surface area contributed by atoms with Gasteiger partial charge in [-0.3, -0.25) is 24.0 Å². The first-order valence-corrected chi connectivity index (χ1v) is 29.9. The Bertz CT molecular complexity index is 2230. The van der Waals surface area contributed by atoms with Crippen LogP contribution in [0, 0.1) is 97.6 Å². The van der Waals surface area contributed by atoms with Crippen LogP contribution in [0.4, 0.5) is 0 Å². The number of carbonyl (C=O) groups excluding carboxylic acids is 5. The fourth-order valence-electron chi connectivity index (χ4n) is 22.3. The van der Waals surface area contributed by atoms with Gasteiger partial charge in [-0.25, -0.2) is 0 Å². The summed E-state index contributed by atoms with van der Waals surface area (Å²) in [5, 5.41) is 19.5. The Morgan fingerprint density at radius 2 is 0.972 bits per heavy atom. The van der Waals surface area contributed by atoms with Crippen LogP contribution in [0.15, 0.2) is 34.9 Å². The van der Waals surface area contributed by atoms with Gasteiger partial charge in [0.25, 0.3) is 0 Å². The first kappa shape index (κ1) is 52.0. The third-order valence-corrected chi connectivity index (χ3v) is 25.8. The van der Waals surface area contributed by atoms with Crippen LogP contribution in [0.1, 0.15) is 222 Å². The highest BCUT2D eigenvalue weighted by atomic mass is 16.3. The van der Waals surface area contributed by atoms with Crippen molar-refractivity contribution in [3.63, 3.8) is 0 Å². The molecule has 7 nitrogen and oxygen atoms in total. The van der Waals surface area contributed by atoms with E-state index < -0.39 is 0 Å². The minimum atomic E-state index is -0.297. The Hall–Kier alpha value is -2.51. The number of hydrogen-bond donors (Lipinski definition) is 2. The first-order chi connectivity index (χ1) is 33.9. The summed E-state index contributed by atoms with van der Waals surface area (Å²) >= 11 is 0. The maximum Gasteiger partial charge on any atom is 0.161 e. The molecule has 392 valence electrons. The molecule has 2 N–H and O–H groups in total. The maximum atomic E-state index is 12.4. The van der Waals surface area contributed by atoms with Gasteiger partial charge in [-0.1, -0.05) is 64.3 Å². The number of Topliss-reactive ketones (excluding diaryl/α,β-unsaturated/α-hetero) is 3. The van der Waals surface area contributed by atoms with Crippen LogP contribution in [0.5, 0.6) is 0 Å². The molecule has 0 bridgehead atoms. The lowest BCUT2D eigenvalue weighted by atomic mass is 9.45. The molecule has 9 fully saturated rings. The summed E-state index contributed by atoms with van der Waals surface area (Å²) in [6.45, 7) is 15.5. The molecule has 0 aromatic rings. The molecule has 0 radical (unpaired) electrons. The Kier molecular flexibility index (Phi) is 14.1. The summed E-state index contributed by atoms with van der Waals surface area (Å²) in [5.41, 5.74) is 5.69. The molecule has 0 aromatic carbocycles. The molecule has 0 unspecified atom stereocenters. The van der Waals surface area contributed by atoms with E-state index in [0.29, 0.717) is 64.6 Å². The average Bonchev–Trinajstić information content (AvgIpc) is 4.02. The summed E-state index contributed by atoms with van der Waals surface area (Å²) in [4.78, 5) is 60.8. The monoisotopic (exact) mass is 975 g/mol. The van der Waals surface area contributed by atoms with Crippen LogP contribution in [0.25, 0.3) is 0 Å². The van der Waals surface area contributed by atoms with Crippen molar-refractivity contribution in [2.24, 2.45) is 97.6 Å². The second-order valence-electron chi connectivity index (χ2n) is 27.3. The average molecular weight is 975 g/mol. The van der Waals surface area contributed by atoms with Crippen LogP contribution in [-0.4, -0.2) is 51.8 Å². The van der Waals surface area contributed by atoms with Crippen LogP contribution in [0.2, 0.25) is 0 Å². The van der Waals surface area contributed by atoms with Gasteiger partial charge < -0.3 is 10.2 Å². The molecule has 0 heterocycles. The van der Waals surface area contributed by atoms with Crippen molar-refractivity contribution in [2.45, 2.75) is 228 Å². The minimum Gasteiger partial charge on any atom is -0.389 e. The summed E-state index contributed by atoms with van der Waals surface area (Å²) in [6, 6.07) is 0. The summed E-state index contributed by atoms with van der Waals surface area (Å²) < 4.78 is 0. The lowest BCUT2D eigenvalue weighted by Crippen LogP contribution is -2.52. The first-order valence-electron chi connectivity index (χ1n) is 29.9. The van der Waals surface area contributed by atoms with Gasteiger partial charge in [-0.15, -0.1) is 0 Å². The number of carbonyl (C=O) groups is 5. The van der Waals surface area contributed by atoms with Crippen molar-refractivity contribution in [2.75, 3.05) is 6.61 Å². The number of hydrogen-bond acceptors (Lipinski definition) is 7. The molecule has 12 aliphatic rings. The van der Waals surface area contributed by atoms with Crippen LogP contribution in [-0.2, 0) is 24.0 Å². The zero-order valence-electron chi connectivity index (χ0n) is 45.4. The summed E-state index contributed by atoms with van der Waals surface area (Å²) in [7, 11) is 0. The molecule has 0 aliphatic heterocycles. The highest BCUT2D eigenvalue weighted by molar-refractivity contribution is 5.92. The molecule has 7 heteroatoms. The fraction of sp³-hybridized carbons (Fsp3) is 0.828. The van der Waals surface area contributed by atoms with E-state index in [-0.39, 0.29) is 51.5 Å². The highest BCUT2D eigenvalue weighted by Crippen LogP contribution is 2.70. The number of aliphatic hydroxyl groups is 2. The van der Waals surface area contributed by atoms with Crippen LogP contribution in [0.3, 0.4) is 0 Å². The van der Waals surface area contributed by atoms with E-state index in [0.717, 1.165) is 119 Å². The molecule has 0 spiro atoms. The standard InChI is InChI=1S/C22H32O3.C22H34O2.C20H28O2/c1-3-22-11-8-15(24)12-14(22)4-5-16-17-6-7-19(20(25)13-23)21(17,2)10-9-18(16)22;1-4-22-12-9-16(24)13-15(22)5-6-17-19-8-7-18(14(2)23)21(19,3)11-10-20(17)22;1-3-20-11-8-14(21)12-13(20)4-5-15-16-6-7-18(22)19(16,2)10-9-17(15)20/h12,16-19,23H,3-11,13H2,1-2H3;13,16-20,24H,4-12H2,1-3H3;12,15-17H,3-11H2,1-2H3/t16-,17-,18-,19+,21-,22-;16-,17-,18+,19-,20-,21+,22-;15-,16-,17-,19-,20-/m000/s1. The van der Waals surface area contributed by atoms with Gasteiger partial charge >= 0.3 is 0 Å². The van der Waals surface area contributed by atoms with Gasteiger partial charge in [0.1, 0.15) is 18.2 Å². The van der Waals surface area contributed by atoms with Gasteiger partial charge in [0.2, 0.25) is 0 Å². The Morgan fingerprint density at radius 1 is 0.507 bits per heavy atom. The number of ketones is 5. The van der Waals surface area contributed by atoms with Crippen molar-refractivity contribution in [1.82, 2.24) is 0 Å². The molecule has 12 aliphatic carbocycles. The predicted octanol–water partition coefficient (Wildman–Crippen LogP) is 13.5. The molecule has 0 aromatic heterocycles. The third-order valence-electron chi connectivity index (χ3n) is 25.8. The van der Waals surface area contributed by atoms with E-state index in [1.165, 1.54) is 88.2 Å². The number of rotatable bonds is 6. The van der Waals surface area contributed by atoms with Crippen molar-refractivity contribution in [3.05, 3.63) is 34.9 Å². The van der Waals surface area contributed by atoms with E-state index >= 15 is 0 Å². The van der Waals surface area contributed by atoms with E-state index in [1.807, 2.05) is 19.1 Å². The number of allylic oxidation sites excluding steroid dienone is 3. The van der Waals surface area contributed by atoms with E-state index in [1.54, 1.807) is 5.57 Å². The smallest absolute Gasteiger partial charge is 0.161 e. The predicted molar refractivity (Wildman–Crippen MR) is 280 cm³/mol. The third kappa shape index (κ3) is 7.98. The Balaban J connectivity index is 0.000000123. The molecule has 0 saturated heterocycles. The molecule has 18 atom stereocenters. The SMILES string of the molecule is CC[C@]12CCC(=O)C=C1CC[C@@H]1[C@@H]2CC[C@]2(C)C(=O)CC[C@@H]12.CC[C@]12CCC(=O)C=C1CC[C@@H]1[C@@H]2CC[C@]2(C)[C@@H](C(=O)CO)CC[C@@H]12.CC[C@]12CC[C@H](O)C=C1CC[C@@H]1[C@@H]2CC[C@]2(C)[C@@H](C(C)=O)CC[C@@H]12. The van der Waals surface area contributed by atoms with Gasteiger partial charge in [-0.2, -0.15) is 0 Å². The van der Waals surface area contributed by atoms with Crippen molar-refractivity contribution < 1.29 is 34.2 Å². The normalized spacial score (nSPS) is 48.0. The topological polar surface area (TPSA) is 126 Å². The second kappa shape index (κ2) is 19.3. The molecular formula is C64H94O7. The quantitative estimate of drug-likeness (QED) is 0.254. The van der Waals surface area contributed by atoms with Gasteiger partial charge in [0.15, 0.2) is 17.3 Å².